The van der Waals surface area contributed by atoms with Gasteiger partial charge in [-0.1, -0.05) is 87.3 Å². The van der Waals surface area contributed by atoms with Crippen molar-refractivity contribution >= 4 is 67.7 Å². The van der Waals surface area contributed by atoms with Gasteiger partial charge in [-0.15, -0.1) is 0 Å². The molecule has 1 N–H and O–H groups in total. The van der Waals surface area contributed by atoms with Crippen LogP contribution < -0.4 is 4.90 Å². The Kier molecular flexibility index (Phi) is 7.01. The van der Waals surface area contributed by atoms with E-state index in [1.807, 2.05) is 55.5 Å². The molecule has 0 aliphatic carbocycles. The fraction of sp³-hybridized carbons (Fsp3) is 0.185. The zero-order chi connectivity index (χ0) is 25.4. The second-order valence-electron chi connectivity index (χ2n) is 8.69. The fourth-order valence-electron chi connectivity index (χ4n) is 4.33. The van der Waals surface area contributed by atoms with E-state index in [1.54, 1.807) is 29.3 Å². The molecule has 1 fully saturated rings. The van der Waals surface area contributed by atoms with Gasteiger partial charge < -0.3 is 0 Å². The first-order valence-corrected chi connectivity index (χ1v) is 13.4. The van der Waals surface area contributed by atoms with Gasteiger partial charge in [-0.2, -0.15) is 5.10 Å². The molecule has 2 heterocycles. The number of carbonyl (C=O) groups is 2. The van der Waals surface area contributed by atoms with Crippen LogP contribution in [0.3, 0.4) is 0 Å². The van der Waals surface area contributed by atoms with E-state index < -0.39 is 5.25 Å². The zero-order valence-corrected chi connectivity index (χ0v) is 22.5. The third-order valence-electron chi connectivity index (χ3n) is 6.18. The molecule has 0 unspecified atom stereocenters. The lowest BCUT2D eigenvalue weighted by atomic mass is 9.98. The number of hydrazone groups is 1. The molecule has 0 bridgehead atoms. The summed E-state index contributed by atoms with van der Waals surface area (Å²) in [6, 6.07) is 22.6. The van der Waals surface area contributed by atoms with E-state index in [0.29, 0.717) is 17.1 Å². The average Bonchev–Trinajstić information content (AvgIpc) is 3.41. The summed E-state index contributed by atoms with van der Waals surface area (Å²) in [6.07, 6.45) is 0.642. The minimum Gasteiger partial charge on any atom is -0.277 e. The SMILES string of the molecule is Cc1ccc(C2=NN(C(=N)S[C@@H]3CC(=O)N(c4cccc(Cl)c4)C3=O)[C@@H](c3ccc(Br)cc3)C2)cc1. The number of thioether (sulfide) groups is 1. The highest BCUT2D eigenvalue weighted by Gasteiger charge is 2.42. The normalized spacial score (nSPS) is 19.7. The second-order valence-corrected chi connectivity index (χ2v) is 11.2. The fourth-order valence-corrected chi connectivity index (χ4v) is 5.76. The molecule has 0 spiro atoms. The Balaban J connectivity index is 1.40. The van der Waals surface area contributed by atoms with Crippen molar-refractivity contribution in [2.75, 3.05) is 4.90 Å². The lowest BCUT2D eigenvalue weighted by Crippen LogP contribution is -2.32. The van der Waals surface area contributed by atoms with Gasteiger partial charge in [0, 0.05) is 22.3 Å². The molecule has 182 valence electrons. The molecule has 6 nitrogen and oxygen atoms in total. The van der Waals surface area contributed by atoms with Crippen LogP contribution in [0.5, 0.6) is 0 Å². The van der Waals surface area contributed by atoms with Crippen LogP contribution in [0.1, 0.15) is 35.6 Å². The number of halogens is 2. The lowest BCUT2D eigenvalue weighted by molar-refractivity contribution is -0.121. The predicted octanol–water partition coefficient (Wildman–Crippen LogP) is 6.56. The number of aryl methyl sites for hydroxylation is 1. The Morgan fingerprint density at radius 3 is 2.47 bits per heavy atom. The topological polar surface area (TPSA) is 76.8 Å². The van der Waals surface area contributed by atoms with Crippen LogP contribution in [0, 0.1) is 12.3 Å². The number of amides is 2. The van der Waals surface area contributed by atoms with Crippen LogP contribution in [0.15, 0.2) is 82.4 Å². The Morgan fingerprint density at radius 2 is 1.78 bits per heavy atom. The number of imide groups is 1. The molecule has 2 aliphatic heterocycles. The lowest BCUT2D eigenvalue weighted by Gasteiger charge is -2.24. The molecule has 2 amide bonds. The number of nitrogens with zero attached hydrogens (tertiary/aromatic N) is 3. The minimum atomic E-state index is -0.701. The van der Waals surface area contributed by atoms with E-state index >= 15 is 0 Å². The van der Waals surface area contributed by atoms with Crippen molar-refractivity contribution in [2.24, 2.45) is 5.10 Å². The van der Waals surface area contributed by atoms with Crippen LogP contribution in [-0.4, -0.2) is 33.0 Å². The van der Waals surface area contributed by atoms with Crippen molar-refractivity contribution in [1.82, 2.24) is 5.01 Å². The third-order valence-corrected chi connectivity index (χ3v) is 8.01. The van der Waals surface area contributed by atoms with E-state index in [0.717, 1.165) is 43.5 Å². The standard InChI is InChI=1S/C27H22BrClN4O2S/c1-16-5-7-17(8-6-16)22-14-23(18-9-11-19(28)12-10-18)33(31-22)27(30)36-24-15-25(34)32(26(24)35)21-4-2-3-20(29)13-21/h2-13,23-24,30H,14-15H2,1H3/t23-,24-/m1/s1. The Hall–Kier alpha value is -2.94. The molecule has 5 rings (SSSR count). The number of anilines is 1. The molecule has 0 aromatic heterocycles. The third kappa shape index (κ3) is 4.98. The maximum absolute atomic E-state index is 13.2. The molecule has 3 aromatic carbocycles. The maximum Gasteiger partial charge on any atom is 0.247 e. The summed E-state index contributed by atoms with van der Waals surface area (Å²) in [4.78, 5) is 27.1. The molecule has 0 radical (unpaired) electrons. The summed E-state index contributed by atoms with van der Waals surface area (Å²) < 4.78 is 0.969. The number of hydrogen-bond donors (Lipinski definition) is 1. The van der Waals surface area contributed by atoms with Crippen molar-refractivity contribution < 1.29 is 9.59 Å². The molecule has 1 saturated heterocycles. The van der Waals surface area contributed by atoms with Crippen LogP contribution in [-0.2, 0) is 9.59 Å². The highest BCUT2D eigenvalue weighted by molar-refractivity contribution is 9.10. The van der Waals surface area contributed by atoms with Gasteiger partial charge in [-0.3, -0.25) is 15.0 Å². The van der Waals surface area contributed by atoms with Gasteiger partial charge in [0.2, 0.25) is 11.8 Å². The molecular formula is C27H22BrClN4O2S. The van der Waals surface area contributed by atoms with Gasteiger partial charge in [-0.05, 0) is 48.4 Å². The Labute approximate surface area is 227 Å². The van der Waals surface area contributed by atoms with Gasteiger partial charge in [0.05, 0.1) is 17.4 Å². The molecule has 0 saturated carbocycles. The number of nitrogens with one attached hydrogen (secondary N) is 1. The molecule has 2 aliphatic rings. The molecule has 9 heteroatoms. The highest BCUT2D eigenvalue weighted by Crippen LogP contribution is 2.38. The van der Waals surface area contributed by atoms with Crippen LogP contribution in [0.25, 0.3) is 0 Å². The Morgan fingerprint density at radius 1 is 1.06 bits per heavy atom. The molecule has 36 heavy (non-hydrogen) atoms. The van der Waals surface area contributed by atoms with Crippen molar-refractivity contribution in [2.45, 2.75) is 31.1 Å². The molecule has 2 atom stereocenters. The molecule has 3 aromatic rings. The van der Waals surface area contributed by atoms with Crippen LogP contribution in [0.2, 0.25) is 5.02 Å². The summed E-state index contributed by atoms with van der Waals surface area (Å²) in [5.74, 6) is -0.651. The van der Waals surface area contributed by atoms with Crippen molar-refractivity contribution in [1.29, 1.82) is 5.41 Å². The zero-order valence-electron chi connectivity index (χ0n) is 19.3. The summed E-state index contributed by atoms with van der Waals surface area (Å²) >= 11 is 10.6. The number of amidine groups is 1. The number of benzene rings is 3. The Bertz CT molecular complexity index is 1380. The van der Waals surface area contributed by atoms with Crippen LogP contribution >= 0.6 is 39.3 Å². The van der Waals surface area contributed by atoms with Crippen molar-refractivity contribution in [3.05, 3.63) is 99.0 Å². The number of rotatable bonds is 4. The first kappa shape index (κ1) is 24.7. The average molecular weight is 582 g/mol. The smallest absolute Gasteiger partial charge is 0.247 e. The largest absolute Gasteiger partial charge is 0.277 e. The van der Waals surface area contributed by atoms with Crippen molar-refractivity contribution in [3.8, 4) is 0 Å². The number of carbonyl (C=O) groups excluding carboxylic acids is 2. The highest BCUT2D eigenvalue weighted by atomic mass is 79.9. The van der Waals surface area contributed by atoms with Gasteiger partial charge in [0.1, 0.15) is 5.25 Å². The summed E-state index contributed by atoms with van der Waals surface area (Å²) in [7, 11) is 0. The number of hydrogen-bond acceptors (Lipinski definition) is 5. The second kappa shape index (κ2) is 10.2. The van der Waals surface area contributed by atoms with E-state index in [-0.39, 0.29) is 29.4 Å². The van der Waals surface area contributed by atoms with Crippen molar-refractivity contribution in [3.63, 3.8) is 0 Å². The maximum atomic E-state index is 13.2. The minimum absolute atomic E-state index is 0.0176. The van der Waals surface area contributed by atoms with Gasteiger partial charge in [-0.25, -0.2) is 9.91 Å². The summed E-state index contributed by atoms with van der Waals surface area (Å²) in [5, 5.41) is 15.2. The van der Waals surface area contributed by atoms with Crippen LogP contribution in [0.4, 0.5) is 5.69 Å². The van der Waals surface area contributed by atoms with E-state index in [1.165, 1.54) is 0 Å². The monoisotopic (exact) mass is 580 g/mol. The first-order valence-electron chi connectivity index (χ1n) is 11.4. The van der Waals surface area contributed by atoms with E-state index in [2.05, 4.69) is 15.9 Å². The summed E-state index contributed by atoms with van der Waals surface area (Å²) in [6.45, 7) is 2.04. The predicted molar refractivity (Wildman–Crippen MR) is 149 cm³/mol. The van der Waals surface area contributed by atoms with Gasteiger partial charge in [0.25, 0.3) is 0 Å². The quantitative estimate of drug-likeness (QED) is 0.215. The summed E-state index contributed by atoms with van der Waals surface area (Å²) in [5.41, 5.74) is 4.50. The van der Waals surface area contributed by atoms with E-state index in [9.17, 15) is 9.59 Å². The van der Waals surface area contributed by atoms with E-state index in [4.69, 9.17) is 22.1 Å². The molecular weight excluding hydrogens is 560 g/mol. The first-order chi connectivity index (χ1) is 17.3. The van der Waals surface area contributed by atoms with Gasteiger partial charge in [0.15, 0.2) is 5.17 Å². The van der Waals surface area contributed by atoms with Gasteiger partial charge >= 0.3 is 0 Å².